The van der Waals surface area contributed by atoms with Gasteiger partial charge in [-0.1, -0.05) is 25.0 Å². The van der Waals surface area contributed by atoms with Crippen molar-refractivity contribution >= 4 is 11.9 Å². The van der Waals surface area contributed by atoms with Crippen molar-refractivity contribution in [1.29, 1.82) is 0 Å². The highest BCUT2D eigenvalue weighted by Crippen LogP contribution is 2.41. The molecular weight excluding hydrogens is 289 g/mol. The minimum Gasteiger partial charge on any atom is -0.480 e. The second kappa shape index (κ2) is 6.87. The van der Waals surface area contributed by atoms with Crippen molar-refractivity contribution in [3.8, 4) is 0 Å². The Balaban J connectivity index is 2.27. The molecule has 1 unspecified atom stereocenters. The standard InChI is InChI=1S/C16H20FNO4/c1-22-10-13(14(19)20)18-15(21)16(7-2-3-8-16)11-5-4-6-12(17)9-11/h4-6,9,13H,2-3,7-8,10H2,1H3,(H,18,21)(H,19,20). The molecule has 2 rings (SSSR count). The number of aliphatic carboxylic acids is 1. The third-order valence-electron chi connectivity index (χ3n) is 4.21. The third kappa shape index (κ3) is 3.27. The number of halogens is 1. The highest BCUT2D eigenvalue weighted by Gasteiger charge is 2.44. The molecule has 6 heteroatoms. The molecule has 0 radical (unpaired) electrons. The number of rotatable bonds is 6. The number of carbonyl (C=O) groups excluding carboxylic acids is 1. The molecule has 22 heavy (non-hydrogen) atoms. The van der Waals surface area contributed by atoms with E-state index in [1.807, 2.05) is 0 Å². The Morgan fingerprint density at radius 1 is 1.41 bits per heavy atom. The van der Waals surface area contributed by atoms with Gasteiger partial charge in [0.25, 0.3) is 0 Å². The normalized spacial score (nSPS) is 17.9. The van der Waals surface area contributed by atoms with E-state index in [0.29, 0.717) is 18.4 Å². The summed E-state index contributed by atoms with van der Waals surface area (Å²) in [6.07, 6.45) is 2.88. The van der Waals surface area contributed by atoms with Crippen LogP contribution in [-0.2, 0) is 19.7 Å². The van der Waals surface area contributed by atoms with Gasteiger partial charge in [0.1, 0.15) is 5.82 Å². The summed E-state index contributed by atoms with van der Waals surface area (Å²) in [6, 6.07) is 4.87. The SMILES string of the molecule is COCC(NC(=O)C1(c2cccc(F)c2)CCCC1)C(=O)O. The van der Waals surface area contributed by atoms with Crippen LogP contribution in [0, 0.1) is 5.82 Å². The predicted molar refractivity (Wildman–Crippen MR) is 78.0 cm³/mol. The number of carboxylic acid groups (broad SMARTS) is 1. The molecule has 1 aromatic carbocycles. The Bertz CT molecular complexity index is 555. The second-order valence-corrected chi connectivity index (χ2v) is 5.62. The van der Waals surface area contributed by atoms with Crippen molar-refractivity contribution in [3.05, 3.63) is 35.6 Å². The maximum absolute atomic E-state index is 13.5. The van der Waals surface area contributed by atoms with Crippen LogP contribution in [0.1, 0.15) is 31.2 Å². The van der Waals surface area contributed by atoms with Gasteiger partial charge in [-0.2, -0.15) is 0 Å². The van der Waals surface area contributed by atoms with Crippen molar-refractivity contribution in [2.45, 2.75) is 37.1 Å². The van der Waals surface area contributed by atoms with E-state index in [1.165, 1.54) is 19.2 Å². The average Bonchev–Trinajstić information content (AvgIpc) is 2.97. The summed E-state index contributed by atoms with van der Waals surface area (Å²) >= 11 is 0. The van der Waals surface area contributed by atoms with Crippen molar-refractivity contribution < 1.29 is 23.8 Å². The van der Waals surface area contributed by atoms with Gasteiger partial charge in [0, 0.05) is 7.11 Å². The van der Waals surface area contributed by atoms with E-state index in [9.17, 15) is 14.0 Å². The number of carbonyl (C=O) groups is 2. The van der Waals surface area contributed by atoms with Crippen LogP contribution in [0.5, 0.6) is 0 Å². The molecule has 0 bridgehead atoms. The van der Waals surface area contributed by atoms with Crippen LogP contribution in [0.2, 0.25) is 0 Å². The number of amides is 1. The van der Waals surface area contributed by atoms with Crippen LogP contribution >= 0.6 is 0 Å². The molecule has 1 aromatic rings. The molecular formula is C16H20FNO4. The largest absolute Gasteiger partial charge is 0.480 e. The maximum atomic E-state index is 13.5. The number of nitrogens with one attached hydrogen (secondary N) is 1. The van der Waals surface area contributed by atoms with E-state index in [1.54, 1.807) is 12.1 Å². The molecule has 0 spiro atoms. The number of ether oxygens (including phenoxy) is 1. The van der Waals surface area contributed by atoms with Crippen LogP contribution in [0.15, 0.2) is 24.3 Å². The van der Waals surface area contributed by atoms with E-state index in [0.717, 1.165) is 12.8 Å². The Morgan fingerprint density at radius 2 is 2.09 bits per heavy atom. The van der Waals surface area contributed by atoms with E-state index in [2.05, 4.69) is 5.32 Å². The molecule has 0 aliphatic heterocycles. The molecule has 2 N–H and O–H groups in total. The smallest absolute Gasteiger partial charge is 0.328 e. The van der Waals surface area contributed by atoms with Gasteiger partial charge in [-0.25, -0.2) is 9.18 Å². The fourth-order valence-electron chi connectivity index (χ4n) is 3.05. The summed E-state index contributed by atoms with van der Waals surface area (Å²) in [6.45, 7) is -0.111. The summed E-state index contributed by atoms with van der Waals surface area (Å²) in [5.74, 6) is -1.93. The second-order valence-electron chi connectivity index (χ2n) is 5.62. The Labute approximate surface area is 128 Å². The quantitative estimate of drug-likeness (QED) is 0.841. The van der Waals surface area contributed by atoms with E-state index >= 15 is 0 Å². The van der Waals surface area contributed by atoms with Gasteiger partial charge in [0.15, 0.2) is 6.04 Å². The maximum Gasteiger partial charge on any atom is 0.328 e. The van der Waals surface area contributed by atoms with Crippen molar-refractivity contribution in [2.75, 3.05) is 13.7 Å². The average molecular weight is 309 g/mol. The molecule has 0 aromatic heterocycles. The van der Waals surface area contributed by atoms with Crippen LogP contribution in [0.25, 0.3) is 0 Å². The van der Waals surface area contributed by atoms with E-state index < -0.39 is 23.2 Å². The van der Waals surface area contributed by atoms with Gasteiger partial charge in [-0.15, -0.1) is 0 Å². The topological polar surface area (TPSA) is 75.6 Å². The first kappa shape index (κ1) is 16.4. The summed E-state index contributed by atoms with van der Waals surface area (Å²) in [7, 11) is 1.38. The number of benzene rings is 1. The van der Waals surface area contributed by atoms with Gasteiger partial charge >= 0.3 is 5.97 Å². The van der Waals surface area contributed by atoms with Crippen molar-refractivity contribution in [3.63, 3.8) is 0 Å². The van der Waals surface area contributed by atoms with Crippen LogP contribution in [0.3, 0.4) is 0 Å². The predicted octanol–water partition coefficient (Wildman–Crippen LogP) is 1.85. The van der Waals surface area contributed by atoms with Crippen LogP contribution < -0.4 is 5.32 Å². The van der Waals surface area contributed by atoms with Crippen molar-refractivity contribution in [1.82, 2.24) is 5.32 Å². The zero-order valence-electron chi connectivity index (χ0n) is 12.5. The Kier molecular flexibility index (Phi) is 5.13. The summed E-state index contributed by atoms with van der Waals surface area (Å²) in [4.78, 5) is 23.9. The lowest BCUT2D eigenvalue weighted by atomic mass is 9.77. The molecule has 1 fully saturated rings. The molecule has 0 saturated heterocycles. The van der Waals surface area contributed by atoms with E-state index in [4.69, 9.17) is 9.84 Å². The number of carboxylic acids is 1. The lowest BCUT2D eigenvalue weighted by Crippen LogP contribution is -2.51. The van der Waals surface area contributed by atoms with Gasteiger partial charge in [-0.3, -0.25) is 4.79 Å². The molecule has 120 valence electrons. The van der Waals surface area contributed by atoms with Gasteiger partial charge < -0.3 is 15.2 Å². The zero-order chi connectivity index (χ0) is 16.2. The number of hydrogen-bond acceptors (Lipinski definition) is 3. The molecule has 0 heterocycles. The first-order valence-corrected chi connectivity index (χ1v) is 7.28. The first-order valence-electron chi connectivity index (χ1n) is 7.28. The van der Waals surface area contributed by atoms with Gasteiger partial charge in [0.2, 0.25) is 5.91 Å². The van der Waals surface area contributed by atoms with Crippen LogP contribution in [-0.4, -0.2) is 36.7 Å². The Morgan fingerprint density at radius 3 is 2.64 bits per heavy atom. The third-order valence-corrected chi connectivity index (χ3v) is 4.21. The summed E-state index contributed by atoms with van der Waals surface area (Å²) in [5.41, 5.74) is -0.257. The molecule has 5 nitrogen and oxygen atoms in total. The molecule has 1 aliphatic rings. The monoisotopic (exact) mass is 309 g/mol. The number of methoxy groups -OCH3 is 1. The molecule has 1 amide bonds. The minimum atomic E-state index is -1.15. The van der Waals surface area contributed by atoms with Gasteiger partial charge in [0.05, 0.1) is 12.0 Å². The summed E-state index contributed by atoms with van der Waals surface area (Å²) < 4.78 is 18.4. The fourth-order valence-corrected chi connectivity index (χ4v) is 3.05. The lowest BCUT2D eigenvalue weighted by molar-refractivity contribution is -0.144. The minimum absolute atomic E-state index is 0.111. The van der Waals surface area contributed by atoms with Crippen molar-refractivity contribution in [2.24, 2.45) is 0 Å². The van der Waals surface area contributed by atoms with Crippen LogP contribution in [0.4, 0.5) is 4.39 Å². The fraction of sp³-hybridized carbons (Fsp3) is 0.500. The van der Waals surface area contributed by atoms with E-state index in [-0.39, 0.29) is 12.5 Å². The number of hydrogen-bond donors (Lipinski definition) is 2. The Hall–Kier alpha value is -1.95. The lowest BCUT2D eigenvalue weighted by Gasteiger charge is -2.30. The highest BCUT2D eigenvalue weighted by atomic mass is 19.1. The molecule has 1 atom stereocenters. The highest BCUT2D eigenvalue weighted by molar-refractivity contribution is 5.91. The van der Waals surface area contributed by atoms with Gasteiger partial charge in [-0.05, 0) is 30.5 Å². The molecule has 1 saturated carbocycles. The molecule has 1 aliphatic carbocycles. The summed E-state index contributed by atoms with van der Waals surface area (Å²) in [5, 5.41) is 11.7. The first-order chi connectivity index (χ1) is 10.5. The zero-order valence-corrected chi connectivity index (χ0v) is 12.5.